The van der Waals surface area contributed by atoms with E-state index in [0.717, 1.165) is 24.4 Å². The Bertz CT molecular complexity index is 565. The SMILES string of the molecule is CN=C(NCc1ccc(COCC(F)(F)F)cc1)NC1CC=CC1.I. The number of hydrogen-bond acceptors (Lipinski definition) is 2. The molecule has 0 unspecified atom stereocenters. The van der Waals surface area contributed by atoms with Gasteiger partial charge in [-0.05, 0) is 24.0 Å². The van der Waals surface area contributed by atoms with E-state index in [-0.39, 0.29) is 30.6 Å². The van der Waals surface area contributed by atoms with Crippen LogP contribution in [0, 0.1) is 0 Å². The van der Waals surface area contributed by atoms with Gasteiger partial charge in [-0.25, -0.2) is 0 Å². The van der Waals surface area contributed by atoms with E-state index in [1.807, 2.05) is 12.1 Å². The Hall–Kier alpha value is -1.29. The zero-order valence-electron chi connectivity index (χ0n) is 14.0. The molecule has 8 heteroatoms. The second kappa shape index (κ2) is 10.6. The molecule has 0 aliphatic heterocycles. The molecule has 0 heterocycles. The van der Waals surface area contributed by atoms with Gasteiger partial charge in [0.05, 0.1) is 6.61 Å². The maximum atomic E-state index is 12.0. The van der Waals surface area contributed by atoms with Gasteiger partial charge < -0.3 is 15.4 Å². The van der Waals surface area contributed by atoms with Crippen LogP contribution in [0.3, 0.4) is 0 Å². The van der Waals surface area contributed by atoms with Gasteiger partial charge in [0.2, 0.25) is 0 Å². The molecule has 4 nitrogen and oxygen atoms in total. The van der Waals surface area contributed by atoms with Crippen LogP contribution in [0.15, 0.2) is 41.4 Å². The Balaban J connectivity index is 0.00000312. The lowest BCUT2D eigenvalue weighted by Crippen LogP contribution is -2.42. The first kappa shape index (κ1) is 21.8. The van der Waals surface area contributed by atoms with Crippen LogP contribution >= 0.6 is 24.0 Å². The van der Waals surface area contributed by atoms with Crippen molar-refractivity contribution in [3.05, 3.63) is 47.5 Å². The molecule has 140 valence electrons. The fraction of sp³-hybridized carbons (Fsp3) is 0.471. The van der Waals surface area contributed by atoms with Crippen molar-refractivity contribution in [3.8, 4) is 0 Å². The Morgan fingerprint density at radius 1 is 1.16 bits per heavy atom. The Labute approximate surface area is 162 Å². The molecule has 1 aromatic rings. The van der Waals surface area contributed by atoms with E-state index < -0.39 is 12.8 Å². The number of halogens is 4. The third-order valence-corrected chi connectivity index (χ3v) is 3.59. The molecule has 0 spiro atoms. The summed E-state index contributed by atoms with van der Waals surface area (Å²) < 4.78 is 40.7. The van der Waals surface area contributed by atoms with E-state index in [9.17, 15) is 13.2 Å². The number of rotatable bonds is 6. The van der Waals surface area contributed by atoms with Crippen LogP contribution in [0.1, 0.15) is 24.0 Å². The summed E-state index contributed by atoms with van der Waals surface area (Å²) >= 11 is 0. The summed E-state index contributed by atoms with van der Waals surface area (Å²) in [5.74, 6) is 0.737. The second-order valence-corrected chi connectivity index (χ2v) is 5.63. The highest BCUT2D eigenvalue weighted by atomic mass is 127. The summed E-state index contributed by atoms with van der Waals surface area (Å²) in [5, 5.41) is 6.57. The Kier molecular flexibility index (Phi) is 9.26. The third kappa shape index (κ3) is 8.57. The van der Waals surface area contributed by atoms with E-state index in [0.29, 0.717) is 18.2 Å². The molecule has 0 bridgehead atoms. The summed E-state index contributed by atoms with van der Waals surface area (Å²) in [6.45, 7) is -0.692. The number of aliphatic imine (C=N–C) groups is 1. The fourth-order valence-corrected chi connectivity index (χ4v) is 2.35. The topological polar surface area (TPSA) is 45.7 Å². The van der Waals surface area contributed by atoms with Crippen LogP contribution < -0.4 is 10.6 Å². The minimum atomic E-state index is -4.29. The lowest BCUT2D eigenvalue weighted by Gasteiger charge is -2.17. The van der Waals surface area contributed by atoms with Gasteiger partial charge in [-0.1, -0.05) is 36.4 Å². The number of nitrogens with zero attached hydrogens (tertiary/aromatic N) is 1. The van der Waals surface area contributed by atoms with Crippen molar-refractivity contribution in [3.63, 3.8) is 0 Å². The number of hydrogen-bond donors (Lipinski definition) is 2. The molecule has 2 N–H and O–H groups in total. The first-order valence-corrected chi connectivity index (χ1v) is 7.81. The van der Waals surface area contributed by atoms with Crippen molar-refractivity contribution >= 4 is 29.9 Å². The number of alkyl halides is 3. The zero-order valence-corrected chi connectivity index (χ0v) is 16.3. The fourth-order valence-electron chi connectivity index (χ4n) is 2.35. The minimum Gasteiger partial charge on any atom is -0.367 e. The molecule has 0 saturated heterocycles. The molecule has 25 heavy (non-hydrogen) atoms. The quantitative estimate of drug-likeness (QED) is 0.289. The van der Waals surface area contributed by atoms with Gasteiger partial charge in [0.15, 0.2) is 5.96 Å². The average Bonchev–Trinajstić information content (AvgIpc) is 3.04. The van der Waals surface area contributed by atoms with Crippen LogP contribution in [-0.4, -0.2) is 31.8 Å². The molecule has 0 saturated carbocycles. The predicted octanol–water partition coefficient (Wildman–Crippen LogP) is 3.77. The van der Waals surface area contributed by atoms with E-state index in [1.54, 1.807) is 19.2 Å². The largest absolute Gasteiger partial charge is 0.411 e. The van der Waals surface area contributed by atoms with Gasteiger partial charge in [0, 0.05) is 19.6 Å². The van der Waals surface area contributed by atoms with Crippen molar-refractivity contribution in [1.82, 2.24) is 10.6 Å². The Morgan fingerprint density at radius 2 is 1.76 bits per heavy atom. The smallest absolute Gasteiger partial charge is 0.367 e. The predicted molar refractivity (Wildman–Crippen MR) is 103 cm³/mol. The maximum Gasteiger partial charge on any atom is 0.411 e. The number of guanidine groups is 1. The van der Waals surface area contributed by atoms with Crippen LogP contribution in [0.25, 0.3) is 0 Å². The molecular formula is C17H23F3IN3O. The standard InChI is InChI=1S/C17H22F3N3O.HI/c1-21-16(23-15-4-2-3-5-15)22-10-13-6-8-14(9-7-13)11-24-12-17(18,19)20;/h2-3,6-9,15H,4-5,10-12H2,1H3,(H2,21,22,23);1H. The molecule has 0 amide bonds. The highest BCUT2D eigenvalue weighted by molar-refractivity contribution is 14.0. The normalized spacial score (nSPS) is 15.1. The van der Waals surface area contributed by atoms with Crippen molar-refractivity contribution in [2.24, 2.45) is 4.99 Å². The van der Waals surface area contributed by atoms with E-state index in [1.165, 1.54) is 0 Å². The summed E-state index contributed by atoms with van der Waals surface area (Å²) in [7, 11) is 1.72. The first-order chi connectivity index (χ1) is 11.5. The van der Waals surface area contributed by atoms with Crippen molar-refractivity contribution in [2.75, 3.05) is 13.7 Å². The van der Waals surface area contributed by atoms with Gasteiger partial charge in [0.1, 0.15) is 6.61 Å². The summed E-state index contributed by atoms with van der Waals surface area (Å²) in [6, 6.07) is 7.65. The van der Waals surface area contributed by atoms with Crippen molar-refractivity contribution in [2.45, 2.75) is 38.2 Å². The van der Waals surface area contributed by atoms with E-state index in [4.69, 9.17) is 0 Å². The summed E-state index contributed by atoms with van der Waals surface area (Å²) in [6.07, 6.45) is 1.98. The second-order valence-electron chi connectivity index (χ2n) is 5.63. The molecular weight excluding hydrogens is 446 g/mol. The van der Waals surface area contributed by atoms with Gasteiger partial charge in [-0.15, -0.1) is 24.0 Å². The first-order valence-electron chi connectivity index (χ1n) is 7.81. The van der Waals surface area contributed by atoms with Crippen molar-refractivity contribution < 1.29 is 17.9 Å². The minimum absolute atomic E-state index is 0. The highest BCUT2D eigenvalue weighted by Crippen LogP contribution is 2.16. The van der Waals surface area contributed by atoms with Crippen LogP contribution in [0.2, 0.25) is 0 Å². The van der Waals surface area contributed by atoms with Gasteiger partial charge >= 0.3 is 6.18 Å². The van der Waals surface area contributed by atoms with Crippen LogP contribution in [0.4, 0.5) is 13.2 Å². The molecule has 0 fully saturated rings. The molecule has 1 aliphatic carbocycles. The zero-order chi connectivity index (χ0) is 17.4. The molecule has 0 atom stereocenters. The number of nitrogens with one attached hydrogen (secondary N) is 2. The van der Waals surface area contributed by atoms with Gasteiger partial charge in [-0.3, -0.25) is 4.99 Å². The molecule has 1 aromatic carbocycles. The van der Waals surface area contributed by atoms with Crippen molar-refractivity contribution in [1.29, 1.82) is 0 Å². The molecule has 0 radical (unpaired) electrons. The lowest BCUT2D eigenvalue weighted by molar-refractivity contribution is -0.176. The molecule has 1 aliphatic rings. The molecule has 2 rings (SSSR count). The van der Waals surface area contributed by atoms with E-state index >= 15 is 0 Å². The lowest BCUT2D eigenvalue weighted by atomic mass is 10.1. The molecule has 0 aromatic heterocycles. The van der Waals surface area contributed by atoms with E-state index in [2.05, 4.69) is 32.5 Å². The Morgan fingerprint density at radius 3 is 2.32 bits per heavy atom. The highest BCUT2D eigenvalue weighted by Gasteiger charge is 2.27. The van der Waals surface area contributed by atoms with Gasteiger partial charge in [-0.2, -0.15) is 13.2 Å². The summed E-state index contributed by atoms with van der Waals surface area (Å²) in [4.78, 5) is 4.19. The number of ether oxygens (including phenoxy) is 1. The van der Waals surface area contributed by atoms with Gasteiger partial charge in [0.25, 0.3) is 0 Å². The number of benzene rings is 1. The van der Waals surface area contributed by atoms with Crippen LogP contribution in [-0.2, 0) is 17.9 Å². The summed E-state index contributed by atoms with van der Waals surface area (Å²) in [5.41, 5.74) is 1.73. The average molecular weight is 469 g/mol. The monoisotopic (exact) mass is 469 g/mol. The van der Waals surface area contributed by atoms with Crippen LogP contribution in [0.5, 0.6) is 0 Å². The third-order valence-electron chi connectivity index (χ3n) is 3.59. The maximum absolute atomic E-state index is 12.0.